The normalized spacial score (nSPS) is 17.9. The second-order valence-electron chi connectivity index (χ2n) is 10.0. The van der Waals surface area contributed by atoms with E-state index in [2.05, 4.69) is 25.3 Å². The number of methoxy groups -OCH3 is 1. The highest BCUT2D eigenvalue weighted by Crippen LogP contribution is 2.34. The van der Waals surface area contributed by atoms with Crippen LogP contribution >= 0.6 is 0 Å². The van der Waals surface area contributed by atoms with E-state index >= 15 is 0 Å². The van der Waals surface area contributed by atoms with Crippen molar-refractivity contribution in [1.29, 1.82) is 0 Å². The first-order chi connectivity index (χ1) is 17.7. The molecule has 1 saturated carbocycles. The van der Waals surface area contributed by atoms with Crippen molar-refractivity contribution >= 4 is 27.5 Å². The summed E-state index contributed by atoms with van der Waals surface area (Å²) in [7, 11) is -2.03. The molecule has 0 bridgehead atoms. The second-order valence-corrected chi connectivity index (χ2v) is 11.8. The Hall–Kier alpha value is -2.82. The number of rotatable bonds is 10. The van der Waals surface area contributed by atoms with Crippen LogP contribution in [0.3, 0.4) is 0 Å². The van der Waals surface area contributed by atoms with Crippen LogP contribution in [-0.4, -0.2) is 51.9 Å². The average Bonchev–Trinajstić information content (AvgIpc) is 3.36. The molecule has 37 heavy (non-hydrogen) atoms. The fourth-order valence-corrected chi connectivity index (χ4v) is 6.01. The summed E-state index contributed by atoms with van der Waals surface area (Å²) >= 11 is 0. The number of amidine groups is 1. The molecule has 2 aliphatic rings. The van der Waals surface area contributed by atoms with Crippen molar-refractivity contribution in [2.45, 2.75) is 56.8 Å². The minimum atomic E-state index is -3.59. The third-order valence-electron chi connectivity index (χ3n) is 7.21. The predicted molar refractivity (Wildman–Crippen MR) is 144 cm³/mol. The number of aryl methyl sites for hydroxylation is 1. The minimum Gasteiger partial charge on any atom is -0.481 e. The lowest BCUT2D eigenvalue weighted by molar-refractivity contribution is -0.121. The molecule has 10 heteroatoms. The van der Waals surface area contributed by atoms with Gasteiger partial charge in [0.25, 0.3) is 0 Å². The lowest BCUT2D eigenvalue weighted by Crippen LogP contribution is -2.48. The zero-order valence-electron chi connectivity index (χ0n) is 21.8. The van der Waals surface area contributed by atoms with Crippen molar-refractivity contribution in [2.75, 3.05) is 26.7 Å². The van der Waals surface area contributed by atoms with Gasteiger partial charge in [-0.05, 0) is 55.9 Å². The second kappa shape index (κ2) is 12.1. The molecule has 9 nitrogen and oxygen atoms in total. The van der Waals surface area contributed by atoms with Gasteiger partial charge in [-0.25, -0.2) is 23.1 Å². The molecule has 0 spiro atoms. The molecule has 200 valence electrons. The van der Waals surface area contributed by atoms with Crippen LogP contribution < -0.4 is 20.1 Å². The van der Waals surface area contributed by atoms with Crippen molar-refractivity contribution in [2.24, 2.45) is 16.8 Å². The fourth-order valence-electron chi connectivity index (χ4n) is 4.89. The molecule has 1 aliphatic carbocycles. The number of pyridine rings is 1. The number of nitrogens with one attached hydrogen (secondary N) is 3. The van der Waals surface area contributed by atoms with E-state index in [9.17, 15) is 13.2 Å². The molecular weight excluding hydrogens is 490 g/mol. The summed E-state index contributed by atoms with van der Waals surface area (Å²) in [5.74, 6) is 1.26. The Kier molecular flexibility index (Phi) is 8.94. The Morgan fingerprint density at radius 1 is 1.14 bits per heavy atom. The number of hydrogen-bond acceptors (Lipinski definition) is 7. The Bertz CT molecular complexity index is 1220. The van der Waals surface area contributed by atoms with E-state index in [0.717, 1.165) is 37.9 Å². The van der Waals surface area contributed by atoms with Crippen LogP contribution in [0.15, 0.2) is 46.3 Å². The maximum Gasteiger partial charge on any atom is 0.240 e. The van der Waals surface area contributed by atoms with Gasteiger partial charge in [0.05, 0.1) is 29.3 Å². The fraction of sp³-hybridized carbons (Fsp3) is 0.519. The number of ether oxygens (including phenoxy) is 1. The molecule has 1 saturated heterocycles. The number of aliphatic imine (C=N–C) groups is 1. The first-order valence-corrected chi connectivity index (χ1v) is 14.4. The molecule has 1 aliphatic heterocycles. The number of hydrogen-bond donors (Lipinski definition) is 3. The highest BCUT2D eigenvalue weighted by molar-refractivity contribution is 7.89. The van der Waals surface area contributed by atoms with Gasteiger partial charge in [0.1, 0.15) is 5.84 Å². The van der Waals surface area contributed by atoms with E-state index in [0.29, 0.717) is 41.5 Å². The lowest BCUT2D eigenvalue weighted by atomic mass is 9.87. The third kappa shape index (κ3) is 7.15. The third-order valence-corrected chi connectivity index (χ3v) is 8.65. The van der Waals surface area contributed by atoms with Crippen molar-refractivity contribution in [1.82, 2.24) is 20.3 Å². The lowest BCUT2D eigenvalue weighted by Gasteiger charge is -2.27. The SMILES string of the molecule is COc1ccc(/N=C(\C)NC(=O)C(CC2CCCC2)c2ccc(S(=O)(=O)NCC3CNC3)cc2)c(C)n1. The molecule has 1 unspecified atom stereocenters. The van der Waals surface area contributed by atoms with Gasteiger partial charge in [-0.3, -0.25) is 4.79 Å². The highest BCUT2D eigenvalue weighted by Gasteiger charge is 2.28. The van der Waals surface area contributed by atoms with Crippen LogP contribution in [0.1, 0.15) is 56.2 Å². The molecule has 1 aromatic heterocycles. The van der Waals surface area contributed by atoms with Crippen LogP contribution in [0.5, 0.6) is 5.88 Å². The zero-order valence-corrected chi connectivity index (χ0v) is 22.6. The number of nitrogens with zero attached hydrogens (tertiary/aromatic N) is 2. The van der Waals surface area contributed by atoms with Gasteiger partial charge in [-0.1, -0.05) is 37.8 Å². The van der Waals surface area contributed by atoms with Crippen molar-refractivity contribution in [3.05, 3.63) is 47.7 Å². The van der Waals surface area contributed by atoms with Gasteiger partial charge in [0.15, 0.2) is 0 Å². The number of amides is 1. The van der Waals surface area contributed by atoms with E-state index in [-0.39, 0.29) is 10.8 Å². The Morgan fingerprint density at radius 2 is 1.84 bits per heavy atom. The molecular formula is C27H37N5O4S. The number of aromatic nitrogens is 1. The van der Waals surface area contributed by atoms with Crippen LogP contribution in [-0.2, 0) is 14.8 Å². The molecule has 1 atom stereocenters. The van der Waals surface area contributed by atoms with Crippen LogP contribution in [0.25, 0.3) is 0 Å². The summed E-state index contributed by atoms with van der Waals surface area (Å²) in [5, 5.41) is 6.10. The van der Waals surface area contributed by atoms with E-state index < -0.39 is 15.9 Å². The maximum absolute atomic E-state index is 13.5. The van der Waals surface area contributed by atoms with Crippen molar-refractivity contribution in [3.63, 3.8) is 0 Å². The molecule has 4 rings (SSSR count). The van der Waals surface area contributed by atoms with E-state index in [1.807, 2.05) is 13.0 Å². The van der Waals surface area contributed by atoms with Gasteiger partial charge in [-0.2, -0.15) is 0 Å². The molecule has 0 radical (unpaired) electrons. The number of carbonyl (C=O) groups excluding carboxylic acids is 1. The zero-order chi connectivity index (χ0) is 26.4. The summed E-state index contributed by atoms with van der Waals surface area (Å²) in [6, 6.07) is 10.3. The maximum atomic E-state index is 13.5. The molecule has 1 aromatic carbocycles. The predicted octanol–water partition coefficient (Wildman–Crippen LogP) is 3.43. The highest BCUT2D eigenvalue weighted by atomic mass is 32.2. The Morgan fingerprint density at radius 3 is 2.43 bits per heavy atom. The quantitative estimate of drug-likeness (QED) is 0.322. The molecule has 1 amide bonds. The van der Waals surface area contributed by atoms with Crippen molar-refractivity contribution < 1.29 is 17.9 Å². The summed E-state index contributed by atoms with van der Waals surface area (Å²) < 4.78 is 33.3. The van der Waals surface area contributed by atoms with Crippen molar-refractivity contribution in [3.8, 4) is 5.88 Å². The van der Waals surface area contributed by atoms with Crippen LogP contribution in [0.4, 0.5) is 5.69 Å². The summed E-state index contributed by atoms with van der Waals surface area (Å²) in [6.07, 6.45) is 5.31. The van der Waals surface area contributed by atoms with E-state index in [1.165, 1.54) is 12.8 Å². The van der Waals surface area contributed by atoms with Gasteiger partial charge in [-0.15, -0.1) is 0 Å². The first-order valence-electron chi connectivity index (χ1n) is 12.9. The van der Waals surface area contributed by atoms with Gasteiger partial charge >= 0.3 is 0 Å². The van der Waals surface area contributed by atoms with Gasteiger partial charge < -0.3 is 15.4 Å². The monoisotopic (exact) mass is 527 g/mol. The average molecular weight is 528 g/mol. The van der Waals surface area contributed by atoms with E-state index in [4.69, 9.17) is 4.74 Å². The summed E-state index contributed by atoms with van der Waals surface area (Å²) in [4.78, 5) is 22.5. The van der Waals surface area contributed by atoms with Gasteiger partial charge in [0.2, 0.25) is 21.8 Å². The summed E-state index contributed by atoms with van der Waals surface area (Å²) in [5.41, 5.74) is 2.17. The Balaban J connectivity index is 1.49. The van der Waals surface area contributed by atoms with Gasteiger partial charge in [0, 0.05) is 25.7 Å². The number of sulfonamides is 1. The smallest absolute Gasteiger partial charge is 0.240 e. The number of benzene rings is 1. The standard InChI is InChI=1S/C27H37N5O4S/c1-18-25(12-13-26(30-18)36-3)31-19(2)32-27(33)24(14-20-6-4-5-7-20)22-8-10-23(11-9-22)37(34,35)29-17-21-15-28-16-21/h8-13,20-21,24,28-29H,4-7,14-17H2,1-3H3,(H,31,32,33). The largest absolute Gasteiger partial charge is 0.481 e. The van der Waals surface area contributed by atoms with Crippen LogP contribution in [0.2, 0.25) is 0 Å². The van der Waals surface area contributed by atoms with E-state index in [1.54, 1.807) is 44.4 Å². The minimum absolute atomic E-state index is 0.140. The summed E-state index contributed by atoms with van der Waals surface area (Å²) in [6.45, 7) is 5.68. The Labute approximate surface area is 219 Å². The first kappa shape index (κ1) is 27.2. The molecule has 2 heterocycles. The molecule has 3 N–H and O–H groups in total. The topological polar surface area (TPSA) is 122 Å². The molecule has 2 fully saturated rings. The number of carbonyl (C=O) groups is 1. The molecule has 2 aromatic rings. The van der Waals surface area contributed by atoms with Crippen LogP contribution in [0, 0.1) is 18.8 Å².